The third-order valence-corrected chi connectivity index (χ3v) is 7.87. The van der Waals surface area contributed by atoms with Gasteiger partial charge in [0.15, 0.2) is 0 Å². The maximum atomic E-state index is 13.2. The van der Waals surface area contributed by atoms with Crippen LogP contribution in [0.5, 0.6) is 0 Å². The summed E-state index contributed by atoms with van der Waals surface area (Å²) in [4.78, 5) is 14.7. The van der Waals surface area contributed by atoms with E-state index >= 15 is 0 Å². The number of sulfonamides is 1. The highest BCUT2D eigenvalue weighted by atomic mass is 32.2. The summed E-state index contributed by atoms with van der Waals surface area (Å²) in [6, 6.07) is 11.0. The van der Waals surface area contributed by atoms with Crippen molar-refractivity contribution >= 4 is 33.0 Å². The zero-order valence-corrected chi connectivity index (χ0v) is 17.6. The van der Waals surface area contributed by atoms with Gasteiger partial charge >= 0.3 is 0 Å². The van der Waals surface area contributed by atoms with E-state index in [0.717, 1.165) is 17.0 Å². The molecule has 0 bridgehead atoms. The van der Waals surface area contributed by atoms with Crippen molar-refractivity contribution in [2.75, 3.05) is 31.1 Å². The number of nitrogens with one attached hydrogen (secondary N) is 1. The Kier molecular flexibility index (Phi) is 5.89. The zero-order chi connectivity index (χ0) is 21.1. The molecule has 7 nitrogen and oxygen atoms in total. The number of halogens is 1. The van der Waals surface area contributed by atoms with E-state index in [1.54, 1.807) is 29.6 Å². The van der Waals surface area contributed by atoms with Crippen molar-refractivity contribution in [3.63, 3.8) is 0 Å². The van der Waals surface area contributed by atoms with Crippen LogP contribution >= 0.6 is 11.3 Å². The lowest BCUT2D eigenvalue weighted by Crippen LogP contribution is -2.48. The van der Waals surface area contributed by atoms with Crippen molar-refractivity contribution in [2.45, 2.75) is 11.4 Å². The van der Waals surface area contributed by atoms with Crippen molar-refractivity contribution < 1.29 is 22.0 Å². The van der Waals surface area contributed by atoms with Crippen molar-refractivity contribution in [3.8, 4) is 0 Å². The number of rotatable bonds is 6. The fourth-order valence-electron chi connectivity index (χ4n) is 3.30. The highest BCUT2D eigenvalue weighted by Gasteiger charge is 2.32. The van der Waals surface area contributed by atoms with Crippen LogP contribution in [0.4, 0.5) is 10.1 Å². The van der Waals surface area contributed by atoms with Gasteiger partial charge in [0, 0.05) is 31.9 Å². The second kappa shape index (κ2) is 8.58. The summed E-state index contributed by atoms with van der Waals surface area (Å²) in [5.41, 5.74) is 0.849. The zero-order valence-electron chi connectivity index (χ0n) is 16.0. The molecule has 2 aromatic heterocycles. The molecule has 3 heterocycles. The average Bonchev–Trinajstić information content (AvgIpc) is 3.45. The Bertz CT molecular complexity index is 1100. The molecule has 1 N–H and O–H groups in total. The normalized spacial score (nSPS) is 15.3. The lowest BCUT2D eigenvalue weighted by atomic mass is 10.2. The molecular weight excluding hydrogens is 429 g/mol. The van der Waals surface area contributed by atoms with E-state index in [0.29, 0.717) is 18.8 Å². The molecule has 158 valence electrons. The van der Waals surface area contributed by atoms with E-state index in [-0.39, 0.29) is 35.2 Å². The predicted octanol–water partition coefficient (Wildman–Crippen LogP) is 2.92. The summed E-state index contributed by atoms with van der Waals surface area (Å²) < 4.78 is 46.0. The number of piperazine rings is 1. The van der Waals surface area contributed by atoms with Crippen LogP contribution in [0.3, 0.4) is 0 Å². The SMILES string of the molecule is O=C(NCc1ccco1)c1sccc1S(=O)(=O)N1CCN(c2ccc(F)cc2)CC1. The van der Waals surface area contributed by atoms with E-state index < -0.39 is 15.9 Å². The summed E-state index contributed by atoms with van der Waals surface area (Å²) in [6.07, 6.45) is 1.51. The largest absolute Gasteiger partial charge is 0.467 e. The molecule has 0 radical (unpaired) electrons. The number of carbonyl (C=O) groups excluding carboxylic acids is 1. The fraction of sp³-hybridized carbons (Fsp3) is 0.250. The Morgan fingerprint density at radius 1 is 1.10 bits per heavy atom. The number of amides is 1. The topological polar surface area (TPSA) is 82.9 Å². The number of carbonyl (C=O) groups is 1. The van der Waals surface area contributed by atoms with Crippen LogP contribution in [0.25, 0.3) is 0 Å². The third-order valence-electron chi connectivity index (χ3n) is 4.89. The number of hydrogen-bond acceptors (Lipinski definition) is 6. The number of furan rings is 1. The quantitative estimate of drug-likeness (QED) is 0.626. The van der Waals surface area contributed by atoms with Crippen LogP contribution in [0.15, 0.2) is 63.4 Å². The average molecular weight is 450 g/mol. The summed E-state index contributed by atoms with van der Waals surface area (Å²) in [7, 11) is -3.81. The molecular formula is C20H20FN3O4S2. The number of hydrogen-bond donors (Lipinski definition) is 1. The van der Waals surface area contributed by atoms with Gasteiger partial charge in [0.1, 0.15) is 21.4 Å². The molecule has 0 saturated carbocycles. The Balaban J connectivity index is 1.43. The van der Waals surface area contributed by atoms with Gasteiger partial charge in [-0.2, -0.15) is 4.31 Å². The monoisotopic (exact) mass is 449 g/mol. The molecule has 1 aliphatic heterocycles. The predicted molar refractivity (Wildman–Crippen MR) is 112 cm³/mol. The van der Waals surface area contributed by atoms with Crippen LogP contribution in [0.2, 0.25) is 0 Å². The molecule has 4 rings (SSSR count). The van der Waals surface area contributed by atoms with Gasteiger partial charge in [-0.15, -0.1) is 11.3 Å². The standard InChI is InChI=1S/C20H20FN3O4S2/c21-15-3-5-16(6-4-15)23-8-10-24(11-9-23)30(26,27)18-7-13-29-19(18)20(25)22-14-17-2-1-12-28-17/h1-7,12-13H,8-11,14H2,(H,22,25). The maximum absolute atomic E-state index is 13.2. The third kappa shape index (κ3) is 4.25. The molecule has 1 amide bonds. The fourth-order valence-corrected chi connectivity index (χ4v) is 6.04. The van der Waals surface area contributed by atoms with Gasteiger partial charge in [0.05, 0.1) is 12.8 Å². The van der Waals surface area contributed by atoms with Crippen LogP contribution in [0.1, 0.15) is 15.4 Å². The summed E-state index contributed by atoms with van der Waals surface area (Å²) in [5, 5.41) is 4.29. The molecule has 30 heavy (non-hydrogen) atoms. The van der Waals surface area contributed by atoms with Gasteiger partial charge in [-0.25, -0.2) is 12.8 Å². The molecule has 3 aromatic rings. The summed E-state index contributed by atoms with van der Waals surface area (Å²) in [6.45, 7) is 1.70. The Morgan fingerprint density at radius 2 is 1.83 bits per heavy atom. The lowest BCUT2D eigenvalue weighted by Gasteiger charge is -2.35. The van der Waals surface area contributed by atoms with Gasteiger partial charge in [-0.3, -0.25) is 4.79 Å². The smallest absolute Gasteiger partial charge is 0.263 e. The number of nitrogens with zero attached hydrogens (tertiary/aromatic N) is 2. The lowest BCUT2D eigenvalue weighted by molar-refractivity contribution is 0.0949. The van der Waals surface area contributed by atoms with Gasteiger partial charge in [0.2, 0.25) is 10.0 Å². The molecule has 1 saturated heterocycles. The first-order valence-electron chi connectivity index (χ1n) is 9.34. The Hall–Kier alpha value is -2.69. The molecule has 0 atom stereocenters. The minimum Gasteiger partial charge on any atom is -0.467 e. The molecule has 0 unspecified atom stereocenters. The first-order valence-corrected chi connectivity index (χ1v) is 11.7. The van der Waals surface area contributed by atoms with E-state index in [1.807, 2.05) is 4.90 Å². The summed E-state index contributed by atoms with van der Waals surface area (Å²) >= 11 is 1.09. The molecule has 10 heteroatoms. The van der Waals surface area contributed by atoms with Crippen molar-refractivity contribution in [1.29, 1.82) is 0 Å². The van der Waals surface area contributed by atoms with Gasteiger partial charge < -0.3 is 14.6 Å². The molecule has 1 aliphatic rings. The maximum Gasteiger partial charge on any atom is 0.263 e. The first kappa shape index (κ1) is 20.6. The molecule has 1 fully saturated rings. The van der Waals surface area contributed by atoms with Crippen molar-refractivity contribution in [2.24, 2.45) is 0 Å². The van der Waals surface area contributed by atoms with Gasteiger partial charge in [-0.05, 0) is 47.8 Å². The Morgan fingerprint density at radius 3 is 2.50 bits per heavy atom. The minimum absolute atomic E-state index is 0.0136. The van der Waals surface area contributed by atoms with E-state index in [4.69, 9.17) is 4.42 Å². The Labute approximate surface area is 177 Å². The minimum atomic E-state index is -3.81. The van der Waals surface area contributed by atoms with E-state index in [9.17, 15) is 17.6 Å². The second-order valence-corrected chi connectivity index (χ2v) is 9.57. The van der Waals surface area contributed by atoms with E-state index in [1.165, 1.54) is 28.8 Å². The number of anilines is 1. The number of benzene rings is 1. The van der Waals surface area contributed by atoms with Gasteiger partial charge in [0.25, 0.3) is 5.91 Å². The second-order valence-electron chi connectivity index (χ2n) is 6.74. The van der Waals surface area contributed by atoms with E-state index in [2.05, 4.69) is 5.32 Å². The van der Waals surface area contributed by atoms with Crippen LogP contribution in [-0.4, -0.2) is 44.8 Å². The highest BCUT2D eigenvalue weighted by Crippen LogP contribution is 2.27. The highest BCUT2D eigenvalue weighted by molar-refractivity contribution is 7.89. The summed E-state index contributed by atoms with van der Waals surface area (Å²) in [5.74, 6) is -0.179. The first-order chi connectivity index (χ1) is 14.4. The van der Waals surface area contributed by atoms with Crippen molar-refractivity contribution in [1.82, 2.24) is 9.62 Å². The van der Waals surface area contributed by atoms with Gasteiger partial charge in [-0.1, -0.05) is 0 Å². The van der Waals surface area contributed by atoms with Crippen molar-refractivity contribution in [3.05, 3.63) is 70.6 Å². The van der Waals surface area contributed by atoms with Crippen LogP contribution < -0.4 is 10.2 Å². The number of thiophene rings is 1. The van der Waals surface area contributed by atoms with Crippen LogP contribution in [-0.2, 0) is 16.6 Å². The molecule has 0 aliphatic carbocycles. The van der Waals surface area contributed by atoms with Crippen LogP contribution in [0, 0.1) is 5.82 Å². The molecule has 0 spiro atoms. The molecule has 1 aromatic carbocycles.